The van der Waals surface area contributed by atoms with Gasteiger partial charge in [-0.25, -0.2) is 9.37 Å². The summed E-state index contributed by atoms with van der Waals surface area (Å²) in [7, 11) is 0. The van der Waals surface area contributed by atoms with E-state index in [0.29, 0.717) is 20.9 Å². The van der Waals surface area contributed by atoms with Crippen molar-refractivity contribution in [1.29, 1.82) is 0 Å². The molecule has 0 saturated heterocycles. The minimum Gasteiger partial charge on any atom is -0.267 e. The lowest BCUT2D eigenvalue weighted by Crippen LogP contribution is -2.25. The van der Waals surface area contributed by atoms with Crippen LogP contribution < -0.4 is 5.01 Å². The maximum absolute atomic E-state index is 13.6. The van der Waals surface area contributed by atoms with Crippen LogP contribution in [0.15, 0.2) is 80.8 Å². The summed E-state index contributed by atoms with van der Waals surface area (Å²) < 4.78 is 16.0. The van der Waals surface area contributed by atoms with Gasteiger partial charge in [0.2, 0.25) is 5.13 Å². The number of aromatic nitrogens is 1. The summed E-state index contributed by atoms with van der Waals surface area (Å²) >= 11 is 7.97. The molecule has 0 unspecified atom stereocenters. The number of benzene rings is 3. The normalized spacial score (nSPS) is 11.3. The molecule has 1 amide bonds. The summed E-state index contributed by atoms with van der Waals surface area (Å²) in [5.41, 5.74) is 1.90. The van der Waals surface area contributed by atoms with E-state index in [4.69, 9.17) is 0 Å². The predicted molar refractivity (Wildman–Crippen MR) is 122 cm³/mol. The van der Waals surface area contributed by atoms with E-state index in [0.717, 1.165) is 14.5 Å². The second-order valence-corrected chi connectivity index (χ2v) is 8.87. The first-order valence-electron chi connectivity index (χ1n) is 8.45. The molecule has 4 aromatic rings. The second-order valence-electron chi connectivity index (χ2n) is 6.03. The molecule has 29 heavy (non-hydrogen) atoms. The fourth-order valence-electron chi connectivity index (χ4n) is 2.55. The predicted octanol–water partition coefficient (Wildman–Crippen LogP) is 6.64. The van der Waals surface area contributed by atoms with Gasteiger partial charge in [-0.3, -0.25) is 4.79 Å². The van der Waals surface area contributed by atoms with Crippen LogP contribution in [0, 0.1) is 5.82 Å². The van der Waals surface area contributed by atoms with E-state index in [-0.39, 0.29) is 11.7 Å². The molecule has 0 saturated carbocycles. The molecule has 144 valence electrons. The number of hydrogen-bond acceptors (Lipinski definition) is 4. The zero-order valence-electron chi connectivity index (χ0n) is 14.7. The monoisotopic (exact) mass is 531 g/mol. The third-order valence-electron chi connectivity index (χ3n) is 4.00. The van der Waals surface area contributed by atoms with E-state index in [2.05, 4.69) is 41.9 Å². The highest BCUT2D eigenvalue weighted by atomic mass is 79.9. The van der Waals surface area contributed by atoms with Crippen molar-refractivity contribution >= 4 is 70.7 Å². The van der Waals surface area contributed by atoms with Gasteiger partial charge in [-0.2, -0.15) is 10.1 Å². The Balaban J connectivity index is 1.75. The van der Waals surface area contributed by atoms with Crippen LogP contribution in [0.2, 0.25) is 0 Å². The number of rotatable bonds is 4. The maximum Gasteiger partial charge on any atom is 0.280 e. The van der Waals surface area contributed by atoms with Gasteiger partial charge in [-0.15, -0.1) is 0 Å². The number of thiazole rings is 1. The van der Waals surface area contributed by atoms with Crippen molar-refractivity contribution in [3.05, 3.63) is 92.6 Å². The van der Waals surface area contributed by atoms with Crippen molar-refractivity contribution in [2.45, 2.75) is 0 Å². The summed E-state index contributed by atoms with van der Waals surface area (Å²) in [6, 6.07) is 18.9. The Morgan fingerprint density at radius 1 is 1.00 bits per heavy atom. The quantitative estimate of drug-likeness (QED) is 0.218. The molecule has 0 aliphatic rings. The number of carbonyl (C=O) groups excluding carboxylic acids is 1. The van der Waals surface area contributed by atoms with Crippen LogP contribution in [-0.2, 0) is 0 Å². The zero-order valence-corrected chi connectivity index (χ0v) is 18.7. The van der Waals surface area contributed by atoms with E-state index in [1.165, 1.54) is 28.5 Å². The Bertz CT molecular complexity index is 1210. The van der Waals surface area contributed by atoms with E-state index in [1.807, 2.05) is 24.3 Å². The summed E-state index contributed by atoms with van der Waals surface area (Å²) in [5, 5.41) is 6.01. The average Bonchev–Trinajstić information content (AvgIpc) is 3.12. The molecule has 8 heteroatoms. The standard InChI is InChI=1S/C21H12Br2FN3OS/c22-15-5-1-13(2-6-15)12-25-27(20(28)14-3-7-16(23)8-4-14)21-26-18-10-9-17(24)11-19(18)29-21/h1-12H/b25-12+. The van der Waals surface area contributed by atoms with Crippen molar-refractivity contribution in [2.24, 2.45) is 5.10 Å². The Morgan fingerprint density at radius 2 is 1.66 bits per heavy atom. The van der Waals surface area contributed by atoms with Gasteiger partial charge in [0, 0.05) is 14.5 Å². The second kappa shape index (κ2) is 8.52. The fourth-order valence-corrected chi connectivity index (χ4v) is 4.03. The minimum atomic E-state index is -0.350. The smallest absolute Gasteiger partial charge is 0.267 e. The van der Waals surface area contributed by atoms with Gasteiger partial charge >= 0.3 is 0 Å². The molecule has 0 radical (unpaired) electrons. The lowest BCUT2D eigenvalue weighted by Gasteiger charge is -2.14. The van der Waals surface area contributed by atoms with Gasteiger partial charge in [0.15, 0.2) is 0 Å². The van der Waals surface area contributed by atoms with E-state index in [1.54, 1.807) is 36.5 Å². The zero-order chi connectivity index (χ0) is 20.4. The molecule has 3 aromatic carbocycles. The number of hydrogen-bond donors (Lipinski definition) is 0. The van der Waals surface area contributed by atoms with E-state index >= 15 is 0 Å². The van der Waals surface area contributed by atoms with Crippen molar-refractivity contribution in [2.75, 3.05) is 5.01 Å². The number of nitrogens with zero attached hydrogens (tertiary/aromatic N) is 3. The highest BCUT2D eigenvalue weighted by molar-refractivity contribution is 9.10. The highest BCUT2D eigenvalue weighted by Crippen LogP contribution is 2.30. The summed E-state index contributed by atoms with van der Waals surface area (Å²) in [4.78, 5) is 17.6. The van der Waals surface area contributed by atoms with Crippen LogP contribution >= 0.6 is 43.2 Å². The van der Waals surface area contributed by atoms with Crippen molar-refractivity contribution in [3.8, 4) is 0 Å². The Morgan fingerprint density at radius 3 is 2.34 bits per heavy atom. The lowest BCUT2D eigenvalue weighted by molar-refractivity contribution is 0.0988. The topological polar surface area (TPSA) is 45.6 Å². The van der Waals surface area contributed by atoms with Crippen molar-refractivity contribution < 1.29 is 9.18 Å². The largest absolute Gasteiger partial charge is 0.280 e. The molecule has 0 N–H and O–H groups in total. The Labute approximate surface area is 187 Å². The van der Waals surface area contributed by atoms with Crippen LogP contribution in [0.4, 0.5) is 9.52 Å². The summed E-state index contributed by atoms with van der Waals surface area (Å²) in [6.07, 6.45) is 1.59. The van der Waals surface area contributed by atoms with Gasteiger partial charge in [-0.1, -0.05) is 55.3 Å². The molecule has 0 aliphatic carbocycles. The van der Waals surface area contributed by atoms with Crippen molar-refractivity contribution in [3.63, 3.8) is 0 Å². The Hall–Kier alpha value is -2.42. The molecule has 4 rings (SSSR count). The first-order valence-corrected chi connectivity index (χ1v) is 10.9. The molecule has 1 heterocycles. The first kappa shape index (κ1) is 19.9. The third kappa shape index (κ3) is 4.60. The molecule has 0 bridgehead atoms. The lowest BCUT2D eigenvalue weighted by atomic mass is 10.2. The van der Waals surface area contributed by atoms with E-state index in [9.17, 15) is 9.18 Å². The number of anilines is 1. The fraction of sp³-hybridized carbons (Fsp3) is 0. The Kier molecular flexibility index (Phi) is 5.84. The number of fused-ring (bicyclic) bond motifs is 1. The summed E-state index contributed by atoms with van der Waals surface area (Å²) in [6.45, 7) is 0. The summed E-state index contributed by atoms with van der Waals surface area (Å²) in [5.74, 6) is -0.678. The van der Waals surface area contributed by atoms with Gasteiger partial charge < -0.3 is 0 Å². The van der Waals surface area contributed by atoms with Crippen LogP contribution in [0.5, 0.6) is 0 Å². The molecular formula is C21H12Br2FN3OS. The maximum atomic E-state index is 13.6. The SMILES string of the molecule is O=C(c1ccc(Br)cc1)N(/N=C/c1ccc(Br)cc1)c1nc2ccc(F)cc2s1. The number of hydrazone groups is 1. The van der Waals surface area contributed by atoms with Crippen LogP contribution in [0.3, 0.4) is 0 Å². The van der Waals surface area contributed by atoms with Crippen molar-refractivity contribution in [1.82, 2.24) is 4.98 Å². The molecule has 0 spiro atoms. The highest BCUT2D eigenvalue weighted by Gasteiger charge is 2.21. The first-order chi connectivity index (χ1) is 14.0. The van der Waals surface area contributed by atoms with Gasteiger partial charge in [-0.05, 0) is 60.2 Å². The number of amides is 1. The van der Waals surface area contributed by atoms with E-state index < -0.39 is 0 Å². The molecule has 0 fully saturated rings. The van der Waals surface area contributed by atoms with Gasteiger partial charge in [0.1, 0.15) is 5.82 Å². The van der Waals surface area contributed by atoms with Gasteiger partial charge in [0.05, 0.1) is 16.4 Å². The molecule has 0 aliphatic heterocycles. The van der Waals surface area contributed by atoms with Crippen LogP contribution in [-0.4, -0.2) is 17.1 Å². The molecule has 4 nitrogen and oxygen atoms in total. The molecular weight excluding hydrogens is 521 g/mol. The van der Waals surface area contributed by atoms with Crippen LogP contribution in [0.1, 0.15) is 15.9 Å². The molecule has 1 aromatic heterocycles. The average molecular weight is 533 g/mol. The van der Waals surface area contributed by atoms with Gasteiger partial charge in [0.25, 0.3) is 5.91 Å². The van der Waals surface area contributed by atoms with Crippen LogP contribution in [0.25, 0.3) is 10.2 Å². The molecule has 0 atom stereocenters. The third-order valence-corrected chi connectivity index (χ3v) is 6.05. The minimum absolute atomic E-state index is 0.328. The number of halogens is 3. The number of carbonyl (C=O) groups is 1.